The molecule has 1 aliphatic heterocycles. The molecule has 3 heteroatoms. The Balaban J connectivity index is 1.87. The van der Waals surface area contributed by atoms with Gasteiger partial charge in [0.1, 0.15) is 0 Å². The van der Waals surface area contributed by atoms with Crippen LogP contribution in [0.15, 0.2) is 0 Å². The Morgan fingerprint density at radius 1 is 1.19 bits per heavy atom. The first kappa shape index (κ1) is 16.8. The molecule has 0 spiro atoms. The number of nitrogens with one attached hydrogen (secondary N) is 1. The van der Waals surface area contributed by atoms with Crippen molar-refractivity contribution in [1.29, 1.82) is 0 Å². The van der Waals surface area contributed by atoms with E-state index in [9.17, 15) is 4.79 Å². The van der Waals surface area contributed by atoms with E-state index in [1.165, 1.54) is 44.9 Å². The maximum Gasteiger partial charge on any atom is 0.225 e. The maximum atomic E-state index is 12.4. The minimum Gasteiger partial charge on any atom is -0.341 e. The lowest BCUT2D eigenvalue weighted by molar-refractivity contribution is -0.137. The van der Waals surface area contributed by atoms with Crippen molar-refractivity contribution in [1.82, 2.24) is 10.2 Å². The number of rotatable bonds is 6. The van der Waals surface area contributed by atoms with Gasteiger partial charge in [0, 0.05) is 25.0 Å². The molecule has 2 rings (SSSR count). The van der Waals surface area contributed by atoms with Gasteiger partial charge in [0.2, 0.25) is 5.91 Å². The average molecular weight is 294 g/mol. The molecule has 21 heavy (non-hydrogen) atoms. The van der Waals surface area contributed by atoms with Crippen LogP contribution < -0.4 is 5.32 Å². The summed E-state index contributed by atoms with van der Waals surface area (Å²) in [5.74, 6) is 2.03. The number of carbonyl (C=O) groups excluding carboxylic acids is 1. The zero-order chi connectivity index (χ0) is 15.2. The second-order valence-electron chi connectivity index (χ2n) is 7.54. The van der Waals surface area contributed by atoms with Crippen LogP contribution in [0.4, 0.5) is 0 Å². The van der Waals surface area contributed by atoms with Crippen LogP contribution in [0.2, 0.25) is 0 Å². The summed E-state index contributed by atoms with van der Waals surface area (Å²) in [6.07, 6.45) is 9.34. The maximum absolute atomic E-state index is 12.4. The van der Waals surface area contributed by atoms with Crippen LogP contribution in [0, 0.1) is 17.8 Å². The second-order valence-corrected chi connectivity index (χ2v) is 7.54. The summed E-state index contributed by atoms with van der Waals surface area (Å²) in [6, 6.07) is 0.513. The molecule has 2 aliphatic rings. The smallest absolute Gasteiger partial charge is 0.225 e. The minimum absolute atomic E-state index is 0.126. The highest BCUT2D eigenvalue weighted by Crippen LogP contribution is 2.26. The number of amides is 1. The van der Waals surface area contributed by atoms with E-state index in [1.54, 1.807) is 0 Å². The van der Waals surface area contributed by atoms with E-state index in [1.807, 2.05) is 13.8 Å². The Morgan fingerprint density at radius 3 is 2.52 bits per heavy atom. The quantitative estimate of drug-likeness (QED) is 0.814. The van der Waals surface area contributed by atoms with Gasteiger partial charge in [0.25, 0.3) is 0 Å². The molecular weight excluding hydrogens is 260 g/mol. The van der Waals surface area contributed by atoms with Crippen molar-refractivity contribution in [3.05, 3.63) is 0 Å². The zero-order valence-corrected chi connectivity index (χ0v) is 14.2. The van der Waals surface area contributed by atoms with E-state index >= 15 is 0 Å². The van der Waals surface area contributed by atoms with Crippen molar-refractivity contribution in [3.8, 4) is 0 Å². The lowest BCUT2D eigenvalue weighted by atomic mass is 9.89. The van der Waals surface area contributed by atoms with Crippen molar-refractivity contribution in [2.45, 2.75) is 71.8 Å². The predicted molar refractivity (Wildman–Crippen MR) is 88.2 cm³/mol. The van der Waals surface area contributed by atoms with Gasteiger partial charge in [0.05, 0.1) is 0 Å². The summed E-state index contributed by atoms with van der Waals surface area (Å²) in [4.78, 5) is 14.5. The van der Waals surface area contributed by atoms with Gasteiger partial charge in [-0.1, -0.05) is 40.0 Å². The fourth-order valence-electron chi connectivity index (χ4n) is 4.06. The average Bonchev–Trinajstić information content (AvgIpc) is 2.97. The highest BCUT2D eigenvalue weighted by molar-refractivity contribution is 5.78. The molecule has 122 valence electrons. The van der Waals surface area contributed by atoms with Crippen LogP contribution in [-0.4, -0.2) is 36.5 Å². The molecule has 1 amide bonds. The van der Waals surface area contributed by atoms with Gasteiger partial charge >= 0.3 is 0 Å². The highest BCUT2D eigenvalue weighted by Gasteiger charge is 2.30. The topological polar surface area (TPSA) is 32.3 Å². The third-order valence-electron chi connectivity index (χ3n) is 5.21. The lowest BCUT2D eigenvalue weighted by Gasteiger charge is -2.39. The Hall–Kier alpha value is -0.570. The molecule has 2 atom stereocenters. The van der Waals surface area contributed by atoms with Gasteiger partial charge < -0.3 is 10.2 Å². The van der Waals surface area contributed by atoms with Crippen molar-refractivity contribution in [2.75, 3.05) is 19.6 Å². The Bertz CT molecular complexity index is 323. The summed E-state index contributed by atoms with van der Waals surface area (Å²) in [7, 11) is 0. The van der Waals surface area contributed by atoms with E-state index in [2.05, 4.69) is 17.1 Å². The van der Waals surface area contributed by atoms with Crippen molar-refractivity contribution < 1.29 is 4.79 Å². The van der Waals surface area contributed by atoms with Crippen molar-refractivity contribution >= 4 is 5.91 Å². The zero-order valence-electron chi connectivity index (χ0n) is 14.2. The molecule has 1 N–H and O–H groups in total. The molecule has 0 radical (unpaired) electrons. The summed E-state index contributed by atoms with van der Waals surface area (Å²) in [5.41, 5.74) is 0. The standard InChI is InChI=1S/C18H34N2O/c1-4-7-16-10-17(19-11-15-8-5-6-9-15)13-20(12-16)18(21)14(2)3/h14-17,19H,4-13H2,1-3H3. The molecule has 3 nitrogen and oxygen atoms in total. The molecule has 1 aliphatic carbocycles. The van der Waals surface area contributed by atoms with E-state index in [0.29, 0.717) is 17.9 Å². The fraction of sp³-hybridized carbons (Fsp3) is 0.944. The SMILES string of the molecule is CCCC1CC(NCC2CCCC2)CN(C(=O)C(C)C)C1. The summed E-state index contributed by atoms with van der Waals surface area (Å²) >= 11 is 0. The Labute approximate surface area is 130 Å². The van der Waals surface area contributed by atoms with Gasteiger partial charge in [-0.05, 0) is 44.1 Å². The van der Waals surface area contributed by atoms with Crippen LogP contribution in [0.3, 0.4) is 0 Å². The van der Waals surface area contributed by atoms with Gasteiger partial charge in [-0.3, -0.25) is 4.79 Å². The van der Waals surface area contributed by atoms with Gasteiger partial charge in [-0.2, -0.15) is 0 Å². The molecular formula is C18H34N2O. The van der Waals surface area contributed by atoms with E-state index in [4.69, 9.17) is 0 Å². The van der Waals surface area contributed by atoms with Crippen LogP contribution >= 0.6 is 0 Å². The molecule has 0 bridgehead atoms. The third kappa shape index (κ3) is 4.98. The number of hydrogen-bond acceptors (Lipinski definition) is 2. The van der Waals surface area contributed by atoms with Gasteiger partial charge in [0.15, 0.2) is 0 Å². The molecule has 0 aromatic carbocycles. The molecule has 2 unspecified atom stereocenters. The number of piperidine rings is 1. The molecule has 0 aromatic rings. The highest BCUT2D eigenvalue weighted by atomic mass is 16.2. The molecule has 2 fully saturated rings. The van der Waals surface area contributed by atoms with Crippen LogP contribution in [0.5, 0.6) is 0 Å². The van der Waals surface area contributed by atoms with E-state index in [-0.39, 0.29) is 5.92 Å². The molecule has 0 aromatic heterocycles. The second kappa shape index (κ2) is 8.17. The first-order chi connectivity index (χ1) is 10.1. The third-order valence-corrected chi connectivity index (χ3v) is 5.21. The molecule has 1 saturated carbocycles. The monoisotopic (exact) mass is 294 g/mol. The van der Waals surface area contributed by atoms with Crippen molar-refractivity contribution in [2.24, 2.45) is 17.8 Å². The van der Waals surface area contributed by atoms with Crippen molar-refractivity contribution in [3.63, 3.8) is 0 Å². The van der Waals surface area contributed by atoms with Gasteiger partial charge in [-0.25, -0.2) is 0 Å². The Kier molecular flexibility index (Phi) is 6.53. The van der Waals surface area contributed by atoms with Crippen LogP contribution in [0.1, 0.15) is 65.7 Å². The number of nitrogens with zero attached hydrogens (tertiary/aromatic N) is 1. The minimum atomic E-state index is 0.126. The number of hydrogen-bond donors (Lipinski definition) is 1. The number of carbonyl (C=O) groups is 1. The van der Waals surface area contributed by atoms with E-state index < -0.39 is 0 Å². The predicted octanol–water partition coefficient (Wildman–Crippen LogP) is 3.44. The van der Waals surface area contributed by atoms with Gasteiger partial charge in [-0.15, -0.1) is 0 Å². The first-order valence-electron chi connectivity index (χ1n) is 9.12. The summed E-state index contributed by atoms with van der Waals surface area (Å²) < 4.78 is 0. The normalized spacial score (nSPS) is 27.5. The summed E-state index contributed by atoms with van der Waals surface area (Å²) in [6.45, 7) is 9.35. The van der Waals surface area contributed by atoms with E-state index in [0.717, 1.165) is 25.6 Å². The fourth-order valence-corrected chi connectivity index (χ4v) is 4.06. The largest absolute Gasteiger partial charge is 0.341 e. The lowest BCUT2D eigenvalue weighted by Crippen LogP contribution is -2.52. The van der Waals surface area contributed by atoms with Crippen LogP contribution in [-0.2, 0) is 4.79 Å². The summed E-state index contributed by atoms with van der Waals surface area (Å²) in [5, 5.41) is 3.78. The molecule has 1 saturated heterocycles. The van der Waals surface area contributed by atoms with Crippen LogP contribution in [0.25, 0.3) is 0 Å². The number of likely N-dealkylation sites (tertiary alicyclic amines) is 1. The first-order valence-corrected chi connectivity index (χ1v) is 9.12. The Morgan fingerprint density at radius 2 is 1.90 bits per heavy atom. The molecule has 1 heterocycles.